The minimum absolute atomic E-state index is 0.198. The maximum Gasteiger partial charge on any atom is 0.317 e. The molecule has 0 spiro atoms. The van der Waals surface area contributed by atoms with Crippen LogP contribution in [0.5, 0.6) is 0 Å². The number of fused-ring (bicyclic) bond motifs is 4. The summed E-state index contributed by atoms with van der Waals surface area (Å²) in [6, 6.07) is 3.77. The summed E-state index contributed by atoms with van der Waals surface area (Å²) >= 11 is 0. The van der Waals surface area contributed by atoms with Crippen LogP contribution in [0.3, 0.4) is 0 Å². The Morgan fingerprint density at radius 2 is 1.64 bits per heavy atom. The molecule has 4 aliphatic heterocycles. The van der Waals surface area contributed by atoms with E-state index in [0.29, 0.717) is 36.3 Å². The smallest absolute Gasteiger partial charge is 0.317 e. The fraction of sp³-hybridized carbons (Fsp3) is 0.950. The van der Waals surface area contributed by atoms with Crippen molar-refractivity contribution >= 4 is 6.03 Å². The first-order valence-corrected chi connectivity index (χ1v) is 10.6. The molecule has 5 heteroatoms. The largest absolute Gasteiger partial charge is 0.335 e. The van der Waals surface area contributed by atoms with Crippen molar-refractivity contribution in [3.63, 3.8) is 0 Å². The molecule has 4 bridgehead atoms. The van der Waals surface area contributed by atoms with E-state index in [9.17, 15) is 4.79 Å². The van der Waals surface area contributed by atoms with Crippen LogP contribution in [0, 0.1) is 0 Å². The van der Waals surface area contributed by atoms with Crippen molar-refractivity contribution in [3.8, 4) is 0 Å². The molecule has 4 atom stereocenters. The lowest BCUT2D eigenvalue weighted by Crippen LogP contribution is -2.57. The highest BCUT2D eigenvalue weighted by Crippen LogP contribution is 2.34. The van der Waals surface area contributed by atoms with Crippen molar-refractivity contribution in [2.75, 3.05) is 20.1 Å². The van der Waals surface area contributed by atoms with Crippen LogP contribution in [-0.4, -0.2) is 77.1 Å². The second-order valence-electron chi connectivity index (χ2n) is 9.18. The van der Waals surface area contributed by atoms with Crippen LogP contribution in [0.2, 0.25) is 0 Å². The number of hydrogen-bond acceptors (Lipinski definition) is 3. The summed E-state index contributed by atoms with van der Waals surface area (Å²) in [6.45, 7) is 6.45. The Morgan fingerprint density at radius 1 is 0.960 bits per heavy atom. The average molecular weight is 349 g/mol. The highest BCUT2D eigenvalue weighted by atomic mass is 16.2. The first-order valence-electron chi connectivity index (χ1n) is 10.6. The standard InChI is InChI=1S/C20H36N4O/c1-14(2)24-16-7-8-19(24)13-23(10-9-16)20(25)21-15-11-17-5-4-6-18(12-15)22(17)3/h14-19H,4-13H2,1-3H3,(H,21,25). The molecule has 0 radical (unpaired) electrons. The van der Waals surface area contributed by atoms with Gasteiger partial charge in [-0.2, -0.15) is 0 Å². The molecule has 0 aromatic rings. The van der Waals surface area contributed by atoms with Crippen LogP contribution in [0.1, 0.15) is 65.2 Å². The zero-order chi connectivity index (χ0) is 17.6. The molecular formula is C20H36N4O. The first-order chi connectivity index (χ1) is 12.0. The molecular weight excluding hydrogens is 312 g/mol. The van der Waals surface area contributed by atoms with Gasteiger partial charge in [-0.05, 0) is 65.8 Å². The number of likely N-dealkylation sites (tertiary alicyclic amines) is 1. The molecule has 2 amide bonds. The Kier molecular flexibility index (Phi) is 4.98. The van der Waals surface area contributed by atoms with Gasteiger partial charge in [0, 0.05) is 49.3 Å². The number of hydrogen-bond donors (Lipinski definition) is 1. The number of carbonyl (C=O) groups is 1. The second-order valence-corrected chi connectivity index (χ2v) is 9.18. The molecule has 5 nitrogen and oxygen atoms in total. The third-order valence-corrected chi connectivity index (χ3v) is 7.39. The molecule has 1 N–H and O–H groups in total. The summed E-state index contributed by atoms with van der Waals surface area (Å²) in [5.41, 5.74) is 0. The van der Waals surface area contributed by atoms with Crippen molar-refractivity contribution in [1.29, 1.82) is 0 Å². The van der Waals surface area contributed by atoms with Crippen LogP contribution >= 0.6 is 0 Å². The van der Waals surface area contributed by atoms with Crippen LogP contribution in [0.4, 0.5) is 4.79 Å². The molecule has 4 unspecified atom stereocenters. The van der Waals surface area contributed by atoms with Gasteiger partial charge in [0.25, 0.3) is 0 Å². The van der Waals surface area contributed by atoms with Crippen molar-refractivity contribution in [1.82, 2.24) is 20.0 Å². The minimum Gasteiger partial charge on any atom is -0.335 e. The van der Waals surface area contributed by atoms with Gasteiger partial charge in [-0.25, -0.2) is 4.79 Å². The lowest BCUT2D eigenvalue weighted by molar-refractivity contribution is 0.0492. The van der Waals surface area contributed by atoms with Crippen molar-refractivity contribution in [3.05, 3.63) is 0 Å². The molecule has 4 aliphatic rings. The molecule has 0 saturated carbocycles. The topological polar surface area (TPSA) is 38.8 Å². The van der Waals surface area contributed by atoms with E-state index in [1.54, 1.807) is 0 Å². The van der Waals surface area contributed by atoms with E-state index in [4.69, 9.17) is 0 Å². The van der Waals surface area contributed by atoms with Crippen LogP contribution in [0.15, 0.2) is 0 Å². The van der Waals surface area contributed by atoms with Crippen LogP contribution in [0.25, 0.3) is 0 Å². The molecule has 4 fully saturated rings. The van der Waals surface area contributed by atoms with E-state index in [-0.39, 0.29) is 6.03 Å². The third kappa shape index (κ3) is 3.42. The quantitative estimate of drug-likeness (QED) is 0.834. The van der Waals surface area contributed by atoms with Crippen LogP contribution < -0.4 is 5.32 Å². The van der Waals surface area contributed by atoms with E-state index in [0.717, 1.165) is 32.4 Å². The number of piperidine rings is 2. The molecule has 4 rings (SSSR count). The summed E-state index contributed by atoms with van der Waals surface area (Å²) in [5, 5.41) is 3.41. The normalized spacial score (nSPS) is 39.5. The minimum atomic E-state index is 0.198. The van der Waals surface area contributed by atoms with Gasteiger partial charge in [0.15, 0.2) is 0 Å². The van der Waals surface area contributed by atoms with Gasteiger partial charge in [0.05, 0.1) is 0 Å². The van der Waals surface area contributed by atoms with Crippen LogP contribution in [-0.2, 0) is 0 Å². The first kappa shape index (κ1) is 17.6. The molecule has 4 saturated heterocycles. The molecule has 142 valence electrons. The fourth-order valence-electron chi connectivity index (χ4n) is 6.14. The number of urea groups is 1. The zero-order valence-corrected chi connectivity index (χ0v) is 16.3. The summed E-state index contributed by atoms with van der Waals surface area (Å²) < 4.78 is 0. The third-order valence-electron chi connectivity index (χ3n) is 7.39. The number of amides is 2. The predicted molar refractivity (Wildman–Crippen MR) is 101 cm³/mol. The second kappa shape index (κ2) is 7.07. The highest BCUT2D eigenvalue weighted by molar-refractivity contribution is 5.74. The number of nitrogens with one attached hydrogen (secondary N) is 1. The maximum atomic E-state index is 13.0. The number of rotatable bonds is 2. The monoisotopic (exact) mass is 348 g/mol. The van der Waals surface area contributed by atoms with Gasteiger partial charge in [0.1, 0.15) is 0 Å². The fourth-order valence-corrected chi connectivity index (χ4v) is 6.14. The maximum absolute atomic E-state index is 13.0. The molecule has 0 aliphatic carbocycles. The Morgan fingerprint density at radius 3 is 2.32 bits per heavy atom. The summed E-state index contributed by atoms with van der Waals surface area (Å²) in [4.78, 5) is 20.3. The number of carbonyl (C=O) groups excluding carboxylic acids is 1. The summed E-state index contributed by atoms with van der Waals surface area (Å²) in [5.74, 6) is 0. The molecule has 4 heterocycles. The van der Waals surface area contributed by atoms with Gasteiger partial charge in [-0.15, -0.1) is 0 Å². The lowest BCUT2D eigenvalue weighted by atomic mass is 9.82. The van der Waals surface area contributed by atoms with Gasteiger partial charge >= 0.3 is 6.03 Å². The molecule has 0 aromatic carbocycles. The van der Waals surface area contributed by atoms with Gasteiger partial charge in [0.2, 0.25) is 0 Å². The number of nitrogens with zero attached hydrogens (tertiary/aromatic N) is 3. The van der Waals surface area contributed by atoms with E-state index >= 15 is 0 Å². The molecule has 0 aromatic heterocycles. The SMILES string of the molecule is CC(C)N1C2CCC1CN(C(=O)NC1CC3CCCC(C1)N3C)CC2. The van der Waals surface area contributed by atoms with E-state index in [1.165, 1.54) is 32.1 Å². The molecule has 25 heavy (non-hydrogen) atoms. The Balaban J connectivity index is 1.36. The van der Waals surface area contributed by atoms with E-state index < -0.39 is 0 Å². The zero-order valence-electron chi connectivity index (χ0n) is 16.3. The highest BCUT2D eigenvalue weighted by Gasteiger charge is 2.41. The van der Waals surface area contributed by atoms with E-state index in [1.807, 2.05) is 0 Å². The Bertz CT molecular complexity index is 482. The van der Waals surface area contributed by atoms with E-state index in [2.05, 4.69) is 40.9 Å². The van der Waals surface area contributed by atoms with Gasteiger partial charge < -0.3 is 15.1 Å². The van der Waals surface area contributed by atoms with Crippen molar-refractivity contribution in [2.45, 2.75) is 101 Å². The summed E-state index contributed by atoms with van der Waals surface area (Å²) in [7, 11) is 2.28. The van der Waals surface area contributed by atoms with Gasteiger partial charge in [-0.3, -0.25) is 4.90 Å². The van der Waals surface area contributed by atoms with Gasteiger partial charge in [-0.1, -0.05) is 6.42 Å². The Labute approximate surface area is 153 Å². The Hall–Kier alpha value is -0.810. The summed E-state index contributed by atoms with van der Waals surface area (Å²) in [6.07, 6.45) is 9.95. The lowest BCUT2D eigenvalue weighted by Gasteiger charge is -2.47. The van der Waals surface area contributed by atoms with Crippen molar-refractivity contribution in [2.24, 2.45) is 0 Å². The predicted octanol–water partition coefficient (Wildman–Crippen LogP) is 2.66. The average Bonchev–Trinajstić information content (AvgIpc) is 2.83. The van der Waals surface area contributed by atoms with Crippen molar-refractivity contribution < 1.29 is 4.79 Å².